The van der Waals surface area contributed by atoms with Crippen LogP contribution in [0.5, 0.6) is 5.75 Å². The van der Waals surface area contributed by atoms with Crippen molar-refractivity contribution in [2.24, 2.45) is 0 Å². The maximum absolute atomic E-state index is 11.8. The summed E-state index contributed by atoms with van der Waals surface area (Å²) in [6.07, 6.45) is 2.74. The minimum Gasteiger partial charge on any atom is -0.496 e. The van der Waals surface area contributed by atoms with Crippen LogP contribution in [0.3, 0.4) is 0 Å². The molecule has 5 nitrogen and oxygen atoms in total. The molecule has 0 bridgehead atoms. The average molecular weight is 344 g/mol. The van der Waals surface area contributed by atoms with Gasteiger partial charge in [0.1, 0.15) is 17.9 Å². The fraction of sp³-hybridized carbons (Fsp3) is 0.111. The molecule has 24 heavy (non-hydrogen) atoms. The third kappa shape index (κ3) is 3.75. The molecule has 0 aliphatic heterocycles. The topological polar surface area (TPSA) is 61.6 Å². The molecule has 1 aromatic heterocycles. The van der Waals surface area contributed by atoms with E-state index in [1.807, 2.05) is 24.3 Å². The van der Waals surface area contributed by atoms with E-state index in [4.69, 9.17) is 25.5 Å². The summed E-state index contributed by atoms with van der Waals surface area (Å²) in [4.78, 5) is 16.1. The zero-order chi connectivity index (χ0) is 16.9. The molecule has 0 radical (unpaired) electrons. The number of rotatable bonds is 5. The van der Waals surface area contributed by atoms with Gasteiger partial charge in [-0.15, -0.1) is 0 Å². The van der Waals surface area contributed by atoms with Crippen molar-refractivity contribution in [3.63, 3.8) is 0 Å². The van der Waals surface area contributed by atoms with Crippen molar-refractivity contribution in [3.8, 4) is 5.75 Å². The van der Waals surface area contributed by atoms with Gasteiger partial charge in [0.2, 0.25) is 5.89 Å². The largest absolute Gasteiger partial charge is 0.496 e. The summed E-state index contributed by atoms with van der Waals surface area (Å²) in [7, 11) is 1.54. The van der Waals surface area contributed by atoms with E-state index in [9.17, 15) is 4.79 Å². The third-order valence-electron chi connectivity index (χ3n) is 3.28. The number of carbonyl (C=O) groups excluding carboxylic acids is 1. The lowest BCUT2D eigenvalue weighted by Gasteiger charge is -2.08. The van der Waals surface area contributed by atoms with Gasteiger partial charge in [0.25, 0.3) is 0 Å². The highest BCUT2D eigenvalue weighted by Crippen LogP contribution is 2.23. The fourth-order valence-corrected chi connectivity index (χ4v) is 2.35. The number of hydrogen-bond donors (Lipinski definition) is 0. The van der Waals surface area contributed by atoms with E-state index < -0.39 is 5.97 Å². The minimum absolute atomic E-state index is 0.0560. The summed E-state index contributed by atoms with van der Waals surface area (Å²) in [5, 5.41) is 0.545. The molecule has 122 valence electrons. The molecule has 6 heteroatoms. The summed E-state index contributed by atoms with van der Waals surface area (Å²) < 4.78 is 15.9. The van der Waals surface area contributed by atoms with Crippen molar-refractivity contribution in [3.05, 3.63) is 65.0 Å². The smallest absolute Gasteiger partial charge is 0.331 e. The van der Waals surface area contributed by atoms with Gasteiger partial charge in [0.05, 0.1) is 7.11 Å². The molecule has 0 amide bonds. The Hall–Kier alpha value is -2.79. The first-order valence-corrected chi connectivity index (χ1v) is 7.56. The first kappa shape index (κ1) is 16.1. The molecule has 0 N–H and O–H groups in total. The first-order chi connectivity index (χ1) is 11.7. The van der Waals surface area contributed by atoms with Crippen molar-refractivity contribution >= 4 is 34.7 Å². The van der Waals surface area contributed by atoms with E-state index in [0.717, 1.165) is 5.52 Å². The first-order valence-electron chi connectivity index (χ1n) is 7.18. The van der Waals surface area contributed by atoms with Gasteiger partial charge in [0.15, 0.2) is 5.58 Å². The number of para-hydroxylation sites is 2. The number of esters is 1. The second-order valence-corrected chi connectivity index (χ2v) is 5.35. The van der Waals surface area contributed by atoms with Crippen LogP contribution in [0.4, 0.5) is 0 Å². The lowest BCUT2D eigenvalue weighted by atomic mass is 10.2. The van der Waals surface area contributed by atoms with Gasteiger partial charge in [-0.1, -0.05) is 23.7 Å². The molecule has 0 unspecified atom stereocenters. The molecular weight excluding hydrogens is 330 g/mol. The summed E-state index contributed by atoms with van der Waals surface area (Å²) in [6.45, 7) is 0.0560. The van der Waals surface area contributed by atoms with Gasteiger partial charge < -0.3 is 13.9 Å². The number of carbonyl (C=O) groups is 1. The van der Waals surface area contributed by atoms with Gasteiger partial charge in [0, 0.05) is 22.7 Å². The molecule has 2 aromatic carbocycles. The van der Waals surface area contributed by atoms with Crippen LogP contribution in [0, 0.1) is 0 Å². The molecule has 0 saturated heterocycles. The van der Waals surface area contributed by atoms with E-state index in [0.29, 0.717) is 27.8 Å². The lowest BCUT2D eigenvalue weighted by Crippen LogP contribution is -2.02. The molecule has 0 saturated carbocycles. The number of methoxy groups -OCH3 is 1. The number of hydrogen-bond acceptors (Lipinski definition) is 5. The fourth-order valence-electron chi connectivity index (χ4n) is 2.16. The van der Waals surface area contributed by atoms with Crippen LogP contribution in [-0.4, -0.2) is 18.1 Å². The molecule has 0 spiro atoms. The number of ether oxygens (including phenoxy) is 2. The number of oxazole rings is 1. The van der Waals surface area contributed by atoms with Crippen LogP contribution >= 0.6 is 11.6 Å². The van der Waals surface area contributed by atoms with E-state index in [1.54, 1.807) is 25.3 Å². The molecule has 0 fully saturated rings. The Morgan fingerprint density at radius 3 is 2.92 bits per heavy atom. The summed E-state index contributed by atoms with van der Waals surface area (Å²) in [6, 6.07) is 12.5. The number of halogens is 1. The van der Waals surface area contributed by atoms with Crippen molar-refractivity contribution in [1.29, 1.82) is 0 Å². The maximum atomic E-state index is 11.8. The minimum atomic E-state index is -0.515. The molecule has 0 aliphatic carbocycles. The molecule has 0 atom stereocenters. The second kappa shape index (κ2) is 7.19. The SMILES string of the molecule is COc1ccc(Cl)cc1COC(=O)/C=C/c1nc2ccccc2o1. The Bertz CT molecular complexity index is 868. The van der Waals surface area contributed by atoms with E-state index >= 15 is 0 Å². The van der Waals surface area contributed by atoms with E-state index in [-0.39, 0.29) is 6.61 Å². The van der Waals surface area contributed by atoms with Gasteiger partial charge >= 0.3 is 5.97 Å². The van der Waals surface area contributed by atoms with Gasteiger partial charge in [-0.25, -0.2) is 9.78 Å². The highest BCUT2D eigenvalue weighted by Gasteiger charge is 2.07. The van der Waals surface area contributed by atoms with Crippen LogP contribution in [0.2, 0.25) is 5.02 Å². The molecule has 0 aliphatic rings. The zero-order valence-corrected chi connectivity index (χ0v) is 13.6. The van der Waals surface area contributed by atoms with Crippen LogP contribution in [-0.2, 0) is 16.1 Å². The average Bonchev–Trinajstić information content (AvgIpc) is 3.01. The van der Waals surface area contributed by atoms with Crippen LogP contribution in [0.25, 0.3) is 17.2 Å². The lowest BCUT2D eigenvalue weighted by molar-refractivity contribution is -0.138. The third-order valence-corrected chi connectivity index (χ3v) is 3.52. The second-order valence-electron chi connectivity index (χ2n) is 4.92. The Morgan fingerprint density at radius 2 is 2.12 bits per heavy atom. The Balaban J connectivity index is 1.64. The van der Waals surface area contributed by atoms with Gasteiger partial charge in [-0.3, -0.25) is 0 Å². The van der Waals surface area contributed by atoms with Crippen molar-refractivity contribution in [2.45, 2.75) is 6.61 Å². The van der Waals surface area contributed by atoms with Crippen molar-refractivity contribution in [2.75, 3.05) is 7.11 Å². The van der Waals surface area contributed by atoms with Crippen molar-refractivity contribution in [1.82, 2.24) is 4.98 Å². The number of fused-ring (bicyclic) bond motifs is 1. The number of benzene rings is 2. The number of aromatic nitrogens is 1. The Morgan fingerprint density at radius 1 is 1.29 bits per heavy atom. The standard InChI is InChI=1S/C18H14ClNO4/c1-22-15-7-6-13(19)10-12(15)11-23-18(21)9-8-17-20-14-4-2-3-5-16(14)24-17/h2-10H,11H2,1H3/b9-8+. The van der Waals surface area contributed by atoms with Crippen molar-refractivity contribution < 1.29 is 18.7 Å². The van der Waals surface area contributed by atoms with Gasteiger partial charge in [-0.05, 0) is 30.3 Å². The Labute approximate surface area is 143 Å². The summed E-state index contributed by atoms with van der Waals surface area (Å²) in [5.74, 6) is 0.433. The molecule has 3 rings (SSSR count). The van der Waals surface area contributed by atoms with E-state index in [2.05, 4.69) is 4.98 Å². The Kier molecular flexibility index (Phi) is 4.82. The van der Waals surface area contributed by atoms with Crippen LogP contribution < -0.4 is 4.74 Å². The van der Waals surface area contributed by atoms with Crippen LogP contribution in [0.1, 0.15) is 11.5 Å². The monoisotopic (exact) mass is 343 g/mol. The van der Waals surface area contributed by atoms with E-state index in [1.165, 1.54) is 12.2 Å². The molecule has 1 heterocycles. The zero-order valence-electron chi connectivity index (χ0n) is 12.9. The summed E-state index contributed by atoms with van der Waals surface area (Å²) >= 11 is 5.94. The summed E-state index contributed by atoms with van der Waals surface area (Å²) in [5.41, 5.74) is 2.08. The maximum Gasteiger partial charge on any atom is 0.331 e. The highest BCUT2D eigenvalue weighted by molar-refractivity contribution is 6.30. The quantitative estimate of drug-likeness (QED) is 0.512. The molecule has 3 aromatic rings. The number of nitrogens with zero attached hydrogens (tertiary/aromatic N) is 1. The molecular formula is C18H14ClNO4. The highest BCUT2D eigenvalue weighted by atomic mass is 35.5. The van der Waals surface area contributed by atoms with Gasteiger partial charge in [-0.2, -0.15) is 0 Å². The normalized spacial score (nSPS) is 11.1. The predicted octanol–water partition coefficient (Wildman–Crippen LogP) is 4.25. The predicted molar refractivity (Wildman–Crippen MR) is 90.8 cm³/mol. The van der Waals surface area contributed by atoms with Crippen LogP contribution in [0.15, 0.2) is 53.0 Å².